The number of carboxylic acids is 1. The quantitative estimate of drug-likeness (QED) is 0.815. The largest absolute Gasteiger partial charge is 0.481 e. The third-order valence-corrected chi connectivity index (χ3v) is 6.94. The van der Waals surface area contributed by atoms with Gasteiger partial charge in [0.25, 0.3) is 0 Å². The van der Waals surface area contributed by atoms with Crippen LogP contribution in [0.25, 0.3) is 0 Å². The summed E-state index contributed by atoms with van der Waals surface area (Å²) in [4.78, 5) is 10.8. The Morgan fingerprint density at radius 2 is 1.84 bits per heavy atom. The van der Waals surface area contributed by atoms with Crippen molar-refractivity contribution < 1.29 is 32.2 Å². The summed E-state index contributed by atoms with van der Waals surface area (Å²) in [6, 6.07) is 2.73. The number of halogens is 2. The molecule has 1 aliphatic carbocycles. The summed E-state index contributed by atoms with van der Waals surface area (Å²) >= 11 is 0. The molecular weight excluding hydrogens is 356 g/mol. The first-order valence-electron chi connectivity index (χ1n) is 8.04. The summed E-state index contributed by atoms with van der Waals surface area (Å²) in [5, 5.41) is 19.9. The third-order valence-electron chi connectivity index (χ3n) is 5.04. The van der Waals surface area contributed by atoms with Crippen LogP contribution < -0.4 is 0 Å². The van der Waals surface area contributed by atoms with Gasteiger partial charge in [0.15, 0.2) is 4.90 Å². The minimum atomic E-state index is -4.56. The second-order valence-corrected chi connectivity index (χ2v) is 8.68. The zero-order chi connectivity index (χ0) is 18.4. The Bertz CT molecular complexity index is 775. The van der Waals surface area contributed by atoms with Crippen LogP contribution >= 0.6 is 0 Å². The van der Waals surface area contributed by atoms with Crippen molar-refractivity contribution in [2.45, 2.75) is 36.7 Å². The Hall–Kier alpha value is -1.58. The van der Waals surface area contributed by atoms with Gasteiger partial charge in [0, 0.05) is 13.1 Å². The average Bonchev–Trinajstić information content (AvgIpc) is 3.32. The lowest BCUT2D eigenvalue weighted by atomic mass is 9.74. The van der Waals surface area contributed by atoms with Crippen molar-refractivity contribution in [1.29, 1.82) is 0 Å². The highest BCUT2D eigenvalue weighted by molar-refractivity contribution is 7.89. The number of piperidine rings is 1. The van der Waals surface area contributed by atoms with Crippen molar-refractivity contribution >= 4 is 16.0 Å². The number of aliphatic hydroxyl groups is 1. The molecule has 0 bridgehead atoms. The molecule has 0 unspecified atom stereocenters. The van der Waals surface area contributed by atoms with Crippen molar-refractivity contribution in [1.82, 2.24) is 4.31 Å². The summed E-state index contributed by atoms with van der Waals surface area (Å²) < 4.78 is 54.1. The van der Waals surface area contributed by atoms with E-state index in [0.717, 1.165) is 35.3 Å². The minimum absolute atomic E-state index is 0.103. The van der Waals surface area contributed by atoms with Crippen LogP contribution in [0.3, 0.4) is 0 Å². The van der Waals surface area contributed by atoms with E-state index in [2.05, 4.69) is 0 Å². The monoisotopic (exact) mass is 375 g/mol. The fourth-order valence-electron chi connectivity index (χ4n) is 3.44. The lowest BCUT2D eigenvalue weighted by Gasteiger charge is -2.42. The van der Waals surface area contributed by atoms with E-state index in [-0.39, 0.29) is 25.3 Å². The molecule has 1 aromatic rings. The maximum Gasteiger partial charge on any atom is 0.313 e. The summed E-state index contributed by atoms with van der Waals surface area (Å²) in [6.07, 6.45) is 0.499. The van der Waals surface area contributed by atoms with Crippen LogP contribution in [0, 0.1) is 23.0 Å². The minimum Gasteiger partial charge on any atom is -0.481 e. The number of hydrogen-bond donors (Lipinski definition) is 2. The molecule has 1 aromatic carbocycles. The molecule has 2 atom stereocenters. The van der Waals surface area contributed by atoms with Crippen molar-refractivity contribution in [3.63, 3.8) is 0 Å². The van der Waals surface area contributed by atoms with Crippen LogP contribution in [0.5, 0.6) is 0 Å². The number of aliphatic hydroxyl groups excluding tert-OH is 1. The molecule has 2 aliphatic rings. The van der Waals surface area contributed by atoms with Gasteiger partial charge in [-0.1, -0.05) is 18.9 Å². The van der Waals surface area contributed by atoms with Crippen LogP contribution in [-0.2, 0) is 14.8 Å². The number of nitrogens with zero attached hydrogens (tertiary/aromatic N) is 1. The van der Waals surface area contributed by atoms with Crippen molar-refractivity contribution in [2.75, 3.05) is 13.1 Å². The standard InChI is InChI=1S/C16H19F2NO5S/c17-11-2-1-3-12(18)14(11)25(23,24)19-7-6-13(20)16(9-19,15(21)22)8-10-4-5-10/h1-3,10,13,20H,4-9H2,(H,21,22)/t13-,16+/m1/s1. The maximum absolute atomic E-state index is 13.9. The number of carbonyl (C=O) groups is 1. The zero-order valence-corrected chi connectivity index (χ0v) is 14.2. The van der Waals surface area contributed by atoms with Crippen LogP contribution in [0.1, 0.15) is 25.7 Å². The Balaban J connectivity index is 1.98. The molecule has 6 nitrogen and oxygen atoms in total. The molecule has 25 heavy (non-hydrogen) atoms. The fraction of sp³-hybridized carbons (Fsp3) is 0.562. The lowest BCUT2D eigenvalue weighted by molar-refractivity contribution is -0.162. The fourth-order valence-corrected chi connectivity index (χ4v) is 5.07. The summed E-state index contributed by atoms with van der Waals surface area (Å²) in [6.45, 7) is -0.701. The van der Waals surface area contributed by atoms with Crippen LogP contribution in [0.15, 0.2) is 23.1 Å². The molecule has 0 spiro atoms. The second-order valence-electron chi connectivity index (χ2n) is 6.80. The molecule has 1 aliphatic heterocycles. The summed E-state index contributed by atoms with van der Waals surface area (Å²) in [5.41, 5.74) is -1.66. The second kappa shape index (κ2) is 6.30. The van der Waals surface area contributed by atoms with Gasteiger partial charge in [-0.05, 0) is 30.9 Å². The molecule has 1 heterocycles. The molecule has 2 fully saturated rings. The van der Waals surface area contributed by atoms with Gasteiger partial charge in [0.1, 0.15) is 17.0 Å². The number of aliphatic carboxylic acids is 1. The highest BCUT2D eigenvalue weighted by Gasteiger charge is 2.54. The van der Waals surface area contributed by atoms with E-state index in [9.17, 15) is 32.2 Å². The number of hydrogen-bond acceptors (Lipinski definition) is 4. The van der Waals surface area contributed by atoms with E-state index in [1.54, 1.807) is 0 Å². The Labute approximate surface area is 144 Å². The Morgan fingerprint density at radius 1 is 1.24 bits per heavy atom. The SMILES string of the molecule is O=C(O)[C@@]1(CC2CC2)CN(S(=O)(=O)c2c(F)cccc2F)CC[C@H]1O. The highest BCUT2D eigenvalue weighted by Crippen LogP contribution is 2.46. The Kier molecular flexibility index (Phi) is 4.59. The van der Waals surface area contributed by atoms with Gasteiger partial charge in [0.05, 0.1) is 6.10 Å². The van der Waals surface area contributed by atoms with E-state index in [1.165, 1.54) is 0 Å². The van der Waals surface area contributed by atoms with Gasteiger partial charge >= 0.3 is 5.97 Å². The average molecular weight is 375 g/mol. The molecule has 138 valence electrons. The van der Waals surface area contributed by atoms with Crippen molar-refractivity contribution in [3.8, 4) is 0 Å². The maximum atomic E-state index is 13.9. The molecular formula is C16H19F2NO5S. The zero-order valence-electron chi connectivity index (χ0n) is 13.4. The van der Waals surface area contributed by atoms with E-state index in [1.807, 2.05) is 0 Å². The van der Waals surface area contributed by atoms with Crippen LogP contribution in [0.4, 0.5) is 8.78 Å². The Morgan fingerprint density at radius 3 is 2.36 bits per heavy atom. The molecule has 2 N–H and O–H groups in total. The molecule has 0 aromatic heterocycles. The predicted octanol–water partition coefficient (Wildman–Crippen LogP) is 1.59. The number of carboxylic acid groups (broad SMARTS) is 1. The predicted molar refractivity (Wildman–Crippen MR) is 83.2 cm³/mol. The summed E-state index contributed by atoms with van der Waals surface area (Å²) in [7, 11) is -4.56. The third kappa shape index (κ3) is 3.16. The first-order valence-corrected chi connectivity index (χ1v) is 9.48. The van der Waals surface area contributed by atoms with Crippen molar-refractivity contribution in [2.24, 2.45) is 11.3 Å². The van der Waals surface area contributed by atoms with Crippen molar-refractivity contribution in [3.05, 3.63) is 29.8 Å². The van der Waals surface area contributed by atoms with E-state index in [0.29, 0.717) is 0 Å². The van der Waals surface area contributed by atoms with Crippen LogP contribution in [0.2, 0.25) is 0 Å². The van der Waals surface area contributed by atoms with Gasteiger partial charge in [-0.25, -0.2) is 17.2 Å². The molecule has 0 amide bonds. The molecule has 1 saturated heterocycles. The highest BCUT2D eigenvalue weighted by atomic mass is 32.2. The number of rotatable bonds is 5. The molecule has 0 radical (unpaired) electrons. The van der Waals surface area contributed by atoms with Gasteiger partial charge in [-0.3, -0.25) is 4.79 Å². The topological polar surface area (TPSA) is 94.9 Å². The normalized spacial score (nSPS) is 28.0. The molecule has 9 heteroatoms. The van der Waals surface area contributed by atoms with E-state index >= 15 is 0 Å². The summed E-state index contributed by atoms with van der Waals surface area (Å²) in [5.74, 6) is -3.62. The van der Waals surface area contributed by atoms with E-state index < -0.39 is 50.6 Å². The van der Waals surface area contributed by atoms with Gasteiger partial charge in [-0.15, -0.1) is 0 Å². The van der Waals surface area contributed by atoms with Gasteiger partial charge in [0.2, 0.25) is 10.0 Å². The molecule has 1 saturated carbocycles. The van der Waals surface area contributed by atoms with Crippen LogP contribution in [-0.4, -0.2) is 48.1 Å². The smallest absolute Gasteiger partial charge is 0.313 e. The lowest BCUT2D eigenvalue weighted by Crippen LogP contribution is -2.57. The van der Waals surface area contributed by atoms with Gasteiger partial charge < -0.3 is 10.2 Å². The first-order chi connectivity index (χ1) is 11.7. The number of benzene rings is 1. The molecule has 3 rings (SSSR count). The first kappa shape index (κ1) is 18.2. The van der Waals surface area contributed by atoms with E-state index in [4.69, 9.17) is 0 Å². The van der Waals surface area contributed by atoms with Gasteiger partial charge in [-0.2, -0.15) is 4.31 Å². The number of sulfonamides is 1.